The summed E-state index contributed by atoms with van der Waals surface area (Å²) in [6, 6.07) is 0.370. The zero-order chi connectivity index (χ0) is 10.8. The van der Waals surface area contributed by atoms with Crippen molar-refractivity contribution in [3.8, 4) is 0 Å². The highest BCUT2D eigenvalue weighted by atomic mass is 16.5. The standard InChI is InChI=1S/C11H26N2O/c1-4-6-11(12)7-8-13(3)9-10-14-5-2/h11H,4-10,12H2,1-3H3. The number of likely N-dealkylation sites (N-methyl/N-ethyl adjacent to an activating group) is 1. The van der Waals surface area contributed by atoms with Crippen LogP contribution in [0, 0.1) is 0 Å². The van der Waals surface area contributed by atoms with Gasteiger partial charge in [0, 0.05) is 19.2 Å². The summed E-state index contributed by atoms with van der Waals surface area (Å²) in [6.45, 7) is 7.93. The van der Waals surface area contributed by atoms with Crippen LogP contribution in [0.2, 0.25) is 0 Å². The van der Waals surface area contributed by atoms with E-state index in [1.807, 2.05) is 6.92 Å². The van der Waals surface area contributed by atoms with Crippen LogP contribution in [0.25, 0.3) is 0 Å². The summed E-state index contributed by atoms with van der Waals surface area (Å²) in [5, 5.41) is 0. The Labute approximate surface area is 88.6 Å². The normalized spacial score (nSPS) is 13.5. The molecule has 0 saturated carbocycles. The molecule has 0 amide bonds. The molecule has 3 nitrogen and oxygen atoms in total. The van der Waals surface area contributed by atoms with E-state index in [1.54, 1.807) is 0 Å². The molecule has 1 atom stereocenters. The highest BCUT2D eigenvalue weighted by Crippen LogP contribution is 1.99. The van der Waals surface area contributed by atoms with Crippen molar-refractivity contribution >= 4 is 0 Å². The van der Waals surface area contributed by atoms with Gasteiger partial charge in [-0.1, -0.05) is 13.3 Å². The van der Waals surface area contributed by atoms with Crippen LogP contribution in [0.15, 0.2) is 0 Å². The van der Waals surface area contributed by atoms with E-state index in [2.05, 4.69) is 18.9 Å². The van der Waals surface area contributed by atoms with Gasteiger partial charge in [0.15, 0.2) is 0 Å². The van der Waals surface area contributed by atoms with E-state index in [0.717, 1.165) is 39.1 Å². The minimum absolute atomic E-state index is 0.370. The van der Waals surface area contributed by atoms with Crippen LogP contribution >= 0.6 is 0 Å². The summed E-state index contributed by atoms with van der Waals surface area (Å²) in [5.74, 6) is 0. The average Bonchev–Trinajstić information content (AvgIpc) is 2.16. The summed E-state index contributed by atoms with van der Waals surface area (Å²) >= 11 is 0. The van der Waals surface area contributed by atoms with E-state index in [4.69, 9.17) is 10.5 Å². The van der Waals surface area contributed by atoms with Crippen LogP contribution in [-0.4, -0.2) is 44.3 Å². The zero-order valence-electron chi connectivity index (χ0n) is 9.96. The third kappa shape index (κ3) is 8.48. The van der Waals surface area contributed by atoms with E-state index in [9.17, 15) is 0 Å². The predicted octanol–water partition coefficient (Wildman–Crippen LogP) is 1.47. The van der Waals surface area contributed by atoms with Crippen LogP contribution in [0.1, 0.15) is 33.1 Å². The maximum absolute atomic E-state index is 5.93. The Balaban J connectivity index is 3.29. The first-order valence-corrected chi connectivity index (χ1v) is 5.72. The first kappa shape index (κ1) is 13.9. The van der Waals surface area contributed by atoms with Crippen LogP contribution < -0.4 is 5.73 Å². The van der Waals surface area contributed by atoms with Crippen LogP contribution in [-0.2, 0) is 4.74 Å². The number of ether oxygens (including phenoxy) is 1. The van der Waals surface area contributed by atoms with Crippen molar-refractivity contribution in [2.75, 3.05) is 33.4 Å². The summed E-state index contributed by atoms with van der Waals surface area (Å²) in [7, 11) is 2.12. The van der Waals surface area contributed by atoms with Crippen molar-refractivity contribution in [3.63, 3.8) is 0 Å². The number of nitrogens with zero attached hydrogens (tertiary/aromatic N) is 1. The maximum Gasteiger partial charge on any atom is 0.0593 e. The van der Waals surface area contributed by atoms with Crippen molar-refractivity contribution in [2.24, 2.45) is 5.73 Å². The molecular formula is C11H26N2O. The Morgan fingerprint density at radius 3 is 2.50 bits per heavy atom. The lowest BCUT2D eigenvalue weighted by atomic mass is 10.1. The largest absolute Gasteiger partial charge is 0.380 e. The molecule has 0 aromatic heterocycles. The molecule has 0 aliphatic rings. The van der Waals surface area contributed by atoms with E-state index in [0.29, 0.717) is 6.04 Å². The van der Waals surface area contributed by atoms with Crippen molar-refractivity contribution in [1.82, 2.24) is 4.90 Å². The molecule has 14 heavy (non-hydrogen) atoms. The van der Waals surface area contributed by atoms with E-state index in [1.165, 1.54) is 6.42 Å². The molecule has 0 aromatic rings. The Kier molecular flexibility index (Phi) is 9.35. The van der Waals surface area contributed by atoms with Gasteiger partial charge in [0.2, 0.25) is 0 Å². The Hall–Kier alpha value is -0.120. The molecule has 0 fully saturated rings. The molecule has 1 unspecified atom stereocenters. The zero-order valence-corrected chi connectivity index (χ0v) is 9.96. The number of hydrogen-bond acceptors (Lipinski definition) is 3. The molecule has 0 heterocycles. The molecule has 0 spiro atoms. The quantitative estimate of drug-likeness (QED) is 0.575. The fraction of sp³-hybridized carbons (Fsp3) is 1.00. The van der Waals surface area contributed by atoms with Crippen molar-refractivity contribution in [3.05, 3.63) is 0 Å². The number of hydrogen-bond donors (Lipinski definition) is 1. The molecule has 0 radical (unpaired) electrons. The smallest absolute Gasteiger partial charge is 0.0593 e. The molecule has 0 rings (SSSR count). The van der Waals surface area contributed by atoms with Crippen LogP contribution in [0.3, 0.4) is 0 Å². The van der Waals surface area contributed by atoms with Crippen molar-refractivity contribution < 1.29 is 4.74 Å². The predicted molar refractivity (Wildman–Crippen MR) is 61.5 cm³/mol. The summed E-state index contributed by atoms with van der Waals surface area (Å²) in [5.41, 5.74) is 5.93. The van der Waals surface area contributed by atoms with Gasteiger partial charge in [-0.15, -0.1) is 0 Å². The molecular weight excluding hydrogens is 176 g/mol. The van der Waals surface area contributed by atoms with Gasteiger partial charge in [-0.25, -0.2) is 0 Å². The van der Waals surface area contributed by atoms with Crippen LogP contribution in [0.4, 0.5) is 0 Å². The summed E-state index contributed by atoms with van der Waals surface area (Å²) in [6.07, 6.45) is 3.42. The Bertz CT molecular complexity index is 120. The lowest BCUT2D eigenvalue weighted by Crippen LogP contribution is -2.30. The minimum atomic E-state index is 0.370. The van der Waals surface area contributed by atoms with Gasteiger partial charge < -0.3 is 15.4 Å². The molecule has 86 valence electrons. The summed E-state index contributed by atoms with van der Waals surface area (Å²) < 4.78 is 5.29. The molecule has 0 saturated heterocycles. The minimum Gasteiger partial charge on any atom is -0.380 e. The maximum atomic E-state index is 5.93. The second-order valence-corrected chi connectivity index (χ2v) is 3.84. The molecule has 3 heteroatoms. The van der Waals surface area contributed by atoms with E-state index >= 15 is 0 Å². The van der Waals surface area contributed by atoms with Crippen molar-refractivity contribution in [2.45, 2.75) is 39.2 Å². The van der Waals surface area contributed by atoms with E-state index < -0.39 is 0 Å². The molecule has 0 aliphatic heterocycles. The topological polar surface area (TPSA) is 38.5 Å². The fourth-order valence-corrected chi connectivity index (χ4v) is 1.38. The summed E-state index contributed by atoms with van der Waals surface area (Å²) in [4.78, 5) is 2.28. The van der Waals surface area contributed by atoms with Gasteiger partial charge in [-0.2, -0.15) is 0 Å². The van der Waals surface area contributed by atoms with E-state index in [-0.39, 0.29) is 0 Å². The molecule has 0 bridgehead atoms. The molecule has 2 N–H and O–H groups in total. The fourth-order valence-electron chi connectivity index (χ4n) is 1.38. The Morgan fingerprint density at radius 2 is 1.93 bits per heavy atom. The average molecular weight is 202 g/mol. The van der Waals surface area contributed by atoms with Gasteiger partial charge >= 0.3 is 0 Å². The van der Waals surface area contributed by atoms with Gasteiger partial charge in [-0.3, -0.25) is 0 Å². The highest BCUT2D eigenvalue weighted by molar-refractivity contribution is 4.62. The third-order valence-corrected chi connectivity index (χ3v) is 2.36. The van der Waals surface area contributed by atoms with Gasteiger partial charge in [0.25, 0.3) is 0 Å². The van der Waals surface area contributed by atoms with Gasteiger partial charge in [-0.05, 0) is 33.4 Å². The second-order valence-electron chi connectivity index (χ2n) is 3.84. The highest BCUT2D eigenvalue weighted by Gasteiger charge is 2.03. The monoisotopic (exact) mass is 202 g/mol. The first-order chi connectivity index (χ1) is 6.70. The molecule has 0 aliphatic carbocycles. The first-order valence-electron chi connectivity index (χ1n) is 5.72. The van der Waals surface area contributed by atoms with Crippen molar-refractivity contribution in [1.29, 1.82) is 0 Å². The second kappa shape index (κ2) is 9.44. The van der Waals surface area contributed by atoms with Gasteiger partial charge in [0.1, 0.15) is 0 Å². The number of rotatable bonds is 9. The van der Waals surface area contributed by atoms with Crippen LogP contribution in [0.5, 0.6) is 0 Å². The Morgan fingerprint density at radius 1 is 1.21 bits per heavy atom. The number of nitrogens with two attached hydrogens (primary N) is 1. The van der Waals surface area contributed by atoms with Gasteiger partial charge in [0.05, 0.1) is 6.61 Å². The lowest BCUT2D eigenvalue weighted by molar-refractivity contribution is 0.121. The third-order valence-electron chi connectivity index (χ3n) is 2.36. The lowest BCUT2D eigenvalue weighted by Gasteiger charge is -2.18. The molecule has 0 aromatic carbocycles. The SMILES string of the molecule is CCCC(N)CCN(C)CCOCC.